The molecule has 0 rings (SSSR count). The van der Waals surface area contributed by atoms with Crippen molar-refractivity contribution in [2.45, 2.75) is 103 Å². The number of nitrogens with one attached hydrogen (secondary N) is 1. The van der Waals surface area contributed by atoms with Crippen molar-refractivity contribution >= 4 is 5.91 Å². The van der Waals surface area contributed by atoms with Gasteiger partial charge in [-0.15, -0.1) is 0 Å². The largest absolute Gasteiger partial charge is 0.394 e. The molecule has 1 amide bonds. The lowest BCUT2D eigenvalue weighted by molar-refractivity contribution is -0.122. The van der Waals surface area contributed by atoms with Crippen LogP contribution in [-0.2, 0) is 4.79 Å². The SMILES string of the molecule is CCCCCCCCCCCCC/C=C(/F)CC(CO)(CO)NC(C)=O. The van der Waals surface area contributed by atoms with Gasteiger partial charge in [0.1, 0.15) is 0 Å². The third-order valence-electron chi connectivity index (χ3n) is 4.73. The second kappa shape index (κ2) is 16.2. The topological polar surface area (TPSA) is 69.6 Å². The van der Waals surface area contributed by atoms with Crippen molar-refractivity contribution in [2.75, 3.05) is 13.2 Å². The second-order valence-electron chi connectivity index (χ2n) is 7.43. The summed E-state index contributed by atoms with van der Waals surface area (Å²) in [7, 11) is 0. The van der Waals surface area contributed by atoms with Gasteiger partial charge >= 0.3 is 0 Å². The zero-order chi connectivity index (χ0) is 19.7. The Hall–Kier alpha value is -0.940. The van der Waals surface area contributed by atoms with Crippen LogP contribution in [0.25, 0.3) is 0 Å². The lowest BCUT2D eigenvalue weighted by atomic mass is 9.95. The molecular formula is C21H40FNO3. The molecule has 0 fully saturated rings. The summed E-state index contributed by atoms with van der Waals surface area (Å²) in [4.78, 5) is 11.2. The van der Waals surface area contributed by atoms with E-state index in [4.69, 9.17) is 0 Å². The highest BCUT2D eigenvalue weighted by Gasteiger charge is 2.31. The van der Waals surface area contributed by atoms with Crippen molar-refractivity contribution in [3.63, 3.8) is 0 Å². The van der Waals surface area contributed by atoms with E-state index in [-0.39, 0.29) is 6.42 Å². The fourth-order valence-electron chi connectivity index (χ4n) is 3.12. The molecule has 0 aromatic heterocycles. The smallest absolute Gasteiger partial charge is 0.217 e. The molecule has 0 saturated carbocycles. The van der Waals surface area contributed by atoms with E-state index in [2.05, 4.69) is 12.2 Å². The summed E-state index contributed by atoms with van der Waals surface area (Å²) >= 11 is 0. The summed E-state index contributed by atoms with van der Waals surface area (Å²) in [6.07, 6.45) is 15.8. The Morgan fingerprint density at radius 2 is 1.38 bits per heavy atom. The first kappa shape index (κ1) is 25.1. The van der Waals surface area contributed by atoms with Crippen molar-refractivity contribution in [1.82, 2.24) is 5.32 Å². The van der Waals surface area contributed by atoms with Gasteiger partial charge in [-0.3, -0.25) is 4.79 Å². The quantitative estimate of drug-likeness (QED) is 0.321. The van der Waals surface area contributed by atoms with Gasteiger partial charge < -0.3 is 15.5 Å². The Kier molecular flexibility index (Phi) is 15.7. The van der Waals surface area contributed by atoms with E-state index in [1.807, 2.05) is 0 Å². The number of rotatable bonds is 17. The highest BCUT2D eigenvalue weighted by Crippen LogP contribution is 2.19. The van der Waals surface area contributed by atoms with Gasteiger partial charge in [-0.05, 0) is 12.8 Å². The molecule has 0 aliphatic rings. The van der Waals surface area contributed by atoms with Crippen molar-refractivity contribution in [3.05, 3.63) is 11.9 Å². The van der Waals surface area contributed by atoms with E-state index in [1.54, 1.807) is 0 Å². The van der Waals surface area contributed by atoms with Crippen LogP contribution in [0.4, 0.5) is 4.39 Å². The van der Waals surface area contributed by atoms with Gasteiger partial charge in [-0.2, -0.15) is 0 Å². The number of carbonyl (C=O) groups is 1. The van der Waals surface area contributed by atoms with E-state index < -0.39 is 30.5 Å². The van der Waals surface area contributed by atoms with Crippen LogP contribution >= 0.6 is 0 Å². The molecular weight excluding hydrogens is 333 g/mol. The molecule has 5 heteroatoms. The lowest BCUT2D eigenvalue weighted by Gasteiger charge is -2.29. The number of aliphatic hydroxyl groups excluding tert-OH is 2. The van der Waals surface area contributed by atoms with Crippen molar-refractivity contribution in [3.8, 4) is 0 Å². The Morgan fingerprint density at radius 1 is 0.923 bits per heavy atom. The summed E-state index contributed by atoms with van der Waals surface area (Å²) < 4.78 is 14.0. The Labute approximate surface area is 159 Å². The summed E-state index contributed by atoms with van der Waals surface area (Å²) in [5.74, 6) is -0.791. The number of halogens is 1. The highest BCUT2D eigenvalue weighted by atomic mass is 19.1. The number of hydrogen-bond donors (Lipinski definition) is 3. The van der Waals surface area contributed by atoms with Crippen LogP contribution in [-0.4, -0.2) is 34.9 Å². The van der Waals surface area contributed by atoms with Crippen LogP contribution in [0.1, 0.15) is 97.3 Å². The molecule has 4 nitrogen and oxygen atoms in total. The zero-order valence-corrected chi connectivity index (χ0v) is 16.9. The van der Waals surface area contributed by atoms with Gasteiger partial charge in [0.2, 0.25) is 5.91 Å². The minimum absolute atomic E-state index is 0.183. The number of carbonyl (C=O) groups excluding carboxylic acids is 1. The second-order valence-corrected chi connectivity index (χ2v) is 7.43. The standard InChI is InChI=1S/C21H40FNO3/c1-3-4-5-6-7-8-9-10-11-12-13-14-15-20(22)16-21(17-24,18-25)23-19(2)26/h15,24-25H,3-14,16-18H2,1-2H3,(H,23,26)/b20-15+. The predicted octanol–water partition coefficient (Wildman–Crippen LogP) is 4.79. The molecule has 0 aliphatic heterocycles. The van der Waals surface area contributed by atoms with E-state index in [0.717, 1.165) is 12.8 Å². The first-order valence-corrected chi connectivity index (χ1v) is 10.3. The number of unbranched alkanes of at least 4 members (excludes halogenated alkanes) is 11. The molecule has 0 bridgehead atoms. The molecule has 154 valence electrons. The van der Waals surface area contributed by atoms with Gasteiger partial charge in [-0.25, -0.2) is 4.39 Å². The summed E-state index contributed by atoms with van der Waals surface area (Å²) in [6.45, 7) is 2.53. The maximum absolute atomic E-state index is 14.0. The Morgan fingerprint density at radius 3 is 1.81 bits per heavy atom. The minimum Gasteiger partial charge on any atom is -0.394 e. The summed E-state index contributed by atoms with van der Waals surface area (Å²) in [5, 5.41) is 21.2. The van der Waals surface area contributed by atoms with Gasteiger partial charge in [0.25, 0.3) is 0 Å². The fraction of sp³-hybridized carbons (Fsp3) is 0.857. The number of amides is 1. The fourth-order valence-corrected chi connectivity index (χ4v) is 3.12. The van der Waals surface area contributed by atoms with E-state index in [0.29, 0.717) is 6.42 Å². The summed E-state index contributed by atoms with van der Waals surface area (Å²) in [5.41, 5.74) is -1.32. The maximum Gasteiger partial charge on any atom is 0.217 e. The molecule has 0 unspecified atom stereocenters. The first-order chi connectivity index (χ1) is 12.5. The van der Waals surface area contributed by atoms with Gasteiger partial charge in [0.05, 0.1) is 24.6 Å². The van der Waals surface area contributed by atoms with Crippen LogP contribution in [0.3, 0.4) is 0 Å². The molecule has 0 saturated heterocycles. The van der Waals surface area contributed by atoms with Crippen LogP contribution in [0.15, 0.2) is 11.9 Å². The molecule has 0 atom stereocenters. The highest BCUT2D eigenvalue weighted by molar-refractivity contribution is 5.73. The normalized spacial score (nSPS) is 12.4. The van der Waals surface area contributed by atoms with E-state index in [1.165, 1.54) is 70.8 Å². The van der Waals surface area contributed by atoms with Crippen molar-refractivity contribution in [2.24, 2.45) is 0 Å². The van der Waals surface area contributed by atoms with Crippen molar-refractivity contribution < 1.29 is 19.4 Å². The monoisotopic (exact) mass is 373 g/mol. The zero-order valence-electron chi connectivity index (χ0n) is 16.9. The van der Waals surface area contributed by atoms with Crippen LogP contribution in [0.2, 0.25) is 0 Å². The van der Waals surface area contributed by atoms with Crippen LogP contribution < -0.4 is 5.32 Å². The molecule has 0 spiro atoms. The Balaban J connectivity index is 3.78. The van der Waals surface area contributed by atoms with E-state index in [9.17, 15) is 19.4 Å². The first-order valence-electron chi connectivity index (χ1n) is 10.3. The molecule has 0 radical (unpaired) electrons. The van der Waals surface area contributed by atoms with Crippen molar-refractivity contribution in [1.29, 1.82) is 0 Å². The van der Waals surface area contributed by atoms with Gasteiger partial charge in [0, 0.05) is 13.3 Å². The van der Waals surface area contributed by atoms with Crippen LogP contribution in [0, 0.1) is 0 Å². The van der Waals surface area contributed by atoms with Crippen LogP contribution in [0.5, 0.6) is 0 Å². The molecule has 26 heavy (non-hydrogen) atoms. The molecule has 0 aromatic carbocycles. The van der Waals surface area contributed by atoms with E-state index >= 15 is 0 Å². The number of allylic oxidation sites excluding steroid dienone is 1. The predicted molar refractivity (Wildman–Crippen MR) is 106 cm³/mol. The average molecular weight is 374 g/mol. The molecule has 3 N–H and O–H groups in total. The lowest BCUT2D eigenvalue weighted by Crippen LogP contribution is -2.53. The number of aliphatic hydroxyl groups is 2. The number of hydrogen-bond acceptors (Lipinski definition) is 3. The minimum atomic E-state index is -1.32. The molecule has 0 heterocycles. The Bertz CT molecular complexity index is 381. The summed E-state index contributed by atoms with van der Waals surface area (Å²) in [6, 6.07) is 0. The molecule has 0 aromatic rings. The van der Waals surface area contributed by atoms with Gasteiger partial charge in [0.15, 0.2) is 0 Å². The maximum atomic E-state index is 14.0. The molecule has 0 aliphatic carbocycles. The third-order valence-corrected chi connectivity index (χ3v) is 4.73. The average Bonchev–Trinajstić information content (AvgIpc) is 2.61. The van der Waals surface area contributed by atoms with Gasteiger partial charge in [-0.1, -0.05) is 77.2 Å². The third kappa shape index (κ3) is 13.3.